The monoisotopic (exact) mass is 931 g/mol. The van der Waals surface area contributed by atoms with Crippen LogP contribution in [0.5, 0.6) is 0 Å². The van der Waals surface area contributed by atoms with Crippen LogP contribution in [0.4, 0.5) is 0 Å². The van der Waals surface area contributed by atoms with Gasteiger partial charge in [0.05, 0.1) is 28.1 Å². The van der Waals surface area contributed by atoms with Crippen molar-refractivity contribution in [2.24, 2.45) is 0 Å². The molecule has 0 atom stereocenters. The Morgan fingerprint density at radius 1 is 0.679 bits per heavy atom. The van der Waals surface area contributed by atoms with Gasteiger partial charge >= 0.3 is 110 Å². The molecule has 0 bridgehead atoms. The number of imidazole rings is 1. The van der Waals surface area contributed by atoms with E-state index < -0.39 is 20.1 Å². The predicted octanol–water partition coefficient (Wildman–Crippen LogP) is 11.7. The second kappa shape index (κ2) is 13.9. The molecule has 0 saturated carbocycles. The third-order valence-electron chi connectivity index (χ3n) is 9.47. The van der Waals surface area contributed by atoms with Crippen molar-refractivity contribution in [3.8, 4) is 28.3 Å². The molecule has 4 aromatic heterocycles. The minimum absolute atomic E-state index is 0. The number of aryl methyl sites for hydroxylation is 1. The Labute approximate surface area is 328 Å². The second-order valence-electron chi connectivity index (χ2n) is 13.9. The first-order valence-corrected chi connectivity index (χ1v) is 24.6. The molecule has 0 spiro atoms. The van der Waals surface area contributed by atoms with E-state index in [9.17, 15) is 0 Å². The van der Waals surface area contributed by atoms with Gasteiger partial charge in [0.15, 0.2) is 5.58 Å². The maximum atomic E-state index is 7.35. The molecule has 1 radical (unpaired) electrons. The summed E-state index contributed by atoms with van der Waals surface area (Å²) in [4.78, 5) is 9.55. The fraction of sp³-hybridized carbons (Fsp3) is 0.0870. The number of hydrogen-bond donors (Lipinski definition) is 0. The molecular weight excluding hydrogens is 891 g/mol. The van der Waals surface area contributed by atoms with Gasteiger partial charge in [-0.1, -0.05) is 71.6 Å². The van der Waals surface area contributed by atoms with Gasteiger partial charge in [-0.3, -0.25) is 4.98 Å². The molecule has 6 aromatic carbocycles. The first-order chi connectivity index (χ1) is 26.5. The zero-order valence-electron chi connectivity index (χ0n) is 32.3. The number of pyridine rings is 1. The molecule has 4 heterocycles. The van der Waals surface area contributed by atoms with E-state index in [4.69, 9.17) is 17.9 Å². The number of benzene rings is 6. The molecule has 261 valence electrons. The smallest absolute Gasteiger partial charge is 0.158 e. The van der Waals surface area contributed by atoms with Crippen molar-refractivity contribution in [2.45, 2.75) is 24.1 Å². The number of nitrogens with zero attached hydrogens (tertiary/aromatic N) is 3. The third kappa shape index (κ3) is 6.31. The molecule has 0 aliphatic heterocycles. The summed E-state index contributed by atoms with van der Waals surface area (Å²) in [6.07, 6.45) is 1.95. The van der Waals surface area contributed by atoms with Crippen LogP contribution >= 0.6 is 0 Å². The number of hydrogen-bond acceptors (Lipinski definition) is 4. The molecule has 0 fully saturated rings. The quantitative estimate of drug-likeness (QED) is 0.130. The largest absolute Gasteiger partial charge is 0.501 e. The van der Waals surface area contributed by atoms with Gasteiger partial charge in [0.1, 0.15) is 11.2 Å². The predicted molar refractivity (Wildman–Crippen MR) is 216 cm³/mol. The van der Waals surface area contributed by atoms with Crippen molar-refractivity contribution in [3.05, 3.63) is 157 Å². The molecule has 10 aromatic rings. The Kier molecular flexibility index (Phi) is 8.23. The summed E-state index contributed by atoms with van der Waals surface area (Å²) in [5.74, 6) is 7.75. The van der Waals surface area contributed by atoms with E-state index in [0.717, 1.165) is 83.2 Å². The van der Waals surface area contributed by atoms with Crippen molar-refractivity contribution in [2.75, 3.05) is 0 Å². The minimum atomic E-state index is -2.08. The topological polar surface area (TPSA) is 57.0 Å². The Balaban J connectivity index is 0.000000181. The van der Waals surface area contributed by atoms with E-state index in [1.54, 1.807) is 12.1 Å². The zero-order chi connectivity index (χ0) is 37.9. The van der Waals surface area contributed by atoms with Crippen molar-refractivity contribution < 1.29 is 33.1 Å². The molecular formula is C46H35GeIrN3O2-2. The number of aromatic nitrogens is 3. The number of rotatable bonds is 4. The maximum absolute atomic E-state index is 7.35. The average molecular weight is 930 g/mol. The van der Waals surface area contributed by atoms with Gasteiger partial charge in [0, 0.05) is 36.3 Å². The van der Waals surface area contributed by atoms with Crippen LogP contribution in [-0.4, -0.2) is 27.8 Å². The number of para-hydroxylation sites is 5. The molecule has 0 amide bonds. The summed E-state index contributed by atoms with van der Waals surface area (Å²) >= 11 is -1.83. The molecule has 53 heavy (non-hydrogen) atoms. The first kappa shape index (κ1) is 31.3. The Morgan fingerprint density at radius 2 is 1.38 bits per heavy atom. The molecule has 7 heteroatoms. The van der Waals surface area contributed by atoms with Gasteiger partial charge < -0.3 is 13.4 Å². The van der Waals surface area contributed by atoms with Crippen LogP contribution in [0.1, 0.15) is 9.68 Å². The van der Waals surface area contributed by atoms with E-state index in [1.165, 1.54) is 10.5 Å². The van der Waals surface area contributed by atoms with Crippen molar-refractivity contribution in [1.82, 2.24) is 14.5 Å². The van der Waals surface area contributed by atoms with Crippen LogP contribution in [0.25, 0.3) is 83.2 Å². The fourth-order valence-corrected chi connectivity index (χ4v) is 8.96. The van der Waals surface area contributed by atoms with Crippen LogP contribution in [0, 0.1) is 19.0 Å². The summed E-state index contributed by atoms with van der Waals surface area (Å²) in [5, 5.41) is 4.31. The van der Waals surface area contributed by atoms with Crippen molar-refractivity contribution >= 4 is 72.6 Å². The van der Waals surface area contributed by atoms with E-state index in [2.05, 4.69) is 87.5 Å². The minimum Gasteiger partial charge on any atom is -0.501 e. The summed E-state index contributed by atoms with van der Waals surface area (Å²) < 4.78 is 38.3. The average Bonchev–Trinajstić information content (AvgIpc) is 3.89. The second-order valence-corrected chi connectivity index (χ2v) is 24.5. The van der Waals surface area contributed by atoms with Crippen LogP contribution in [0.15, 0.2) is 148 Å². The first-order valence-electron chi connectivity index (χ1n) is 18.7. The van der Waals surface area contributed by atoms with Gasteiger partial charge in [-0.15, -0.1) is 18.2 Å². The third-order valence-corrected chi connectivity index (χ3v) is 13.7. The van der Waals surface area contributed by atoms with Crippen molar-refractivity contribution in [3.63, 3.8) is 0 Å². The maximum Gasteiger partial charge on any atom is 0.158 e. The van der Waals surface area contributed by atoms with Crippen LogP contribution < -0.4 is 4.40 Å². The van der Waals surface area contributed by atoms with Crippen LogP contribution in [-0.2, 0) is 20.1 Å². The van der Waals surface area contributed by atoms with Crippen LogP contribution in [0.3, 0.4) is 0 Å². The zero-order valence-corrected chi connectivity index (χ0v) is 33.8. The number of furan rings is 2. The normalized spacial score (nSPS) is 12.7. The number of fused-ring (bicyclic) bond motifs is 7. The molecule has 5 nitrogen and oxygen atoms in total. The summed E-state index contributed by atoms with van der Waals surface area (Å²) in [6.45, 7) is -2.08. The van der Waals surface area contributed by atoms with E-state index in [0.29, 0.717) is 5.56 Å². The van der Waals surface area contributed by atoms with Gasteiger partial charge in [0.2, 0.25) is 0 Å². The van der Waals surface area contributed by atoms with E-state index in [-0.39, 0.29) is 20.1 Å². The SMILES string of the molecule is [2H]C([2H])([2H])c1c[c-]c(-c2cc[c]([Ge]([CH3])([CH3])[CH3])cn2)cc1.[Ir].[c-]1ccc2c(oc3ccccc32)c1-c1nc2ccccc2n1-c1cccc2c1oc1ccccc12. The van der Waals surface area contributed by atoms with E-state index >= 15 is 0 Å². The Bertz CT molecular complexity index is 2960. The molecule has 0 unspecified atom stereocenters. The molecule has 0 aliphatic rings. The standard InChI is InChI=1S/C31H17N2O2.C15H18GeN.Ir/c1-5-17-27-19(9-1)21-11-7-13-23(29(21)34-27)31-32-24-14-3-4-15-25(24)33(31)26-16-8-12-22-20-10-2-6-18-28(20)35-30(22)26;1-12-5-7-13(8-6-12)15-10-9-14(11-17-15)16(2,3)4;/h1-12,14-18H;5-7,9-11H,1-4H3;/q2*-1;/i;1D3;. The van der Waals surface area contributed by atoms with Gasteiger partial charge in [-0.05, 0) is 30.3 Å². The van der Waals surface area contributed by atoms with Gasteiger partial charge in [-0.2, -0.15) is 0 Å². The Hall–Kier alpha value is -5.27. The Morgan fingerprint density at radius 3 is 2.08 bits per heavy atom. The van der Waals surface area contributed by atoms with Crippen LogP contribution in [0.2, 0.25) is 17.3 Å². The fourth-order valence-electron chi connectivity index (χ4n) is 6.78. The van der Waals surface area contributed by atoms with Gasteiger partial charge in [-0.25, -0.2) is 0 Å². The van der Waals surface area contributed by atoms with E-state index in [1.807, 2.05) is 72.9 Å². The molecule has 0 N–H and O–H groups in total. The molecule has 0 aliphatic carbocycles. The van der Waals surface area contributed by atoms with Crippen molar-refractivity contribution in [1.29, 1.82) is 0 Å². The summed E-state index contributed by atoms with van der Waals surface area (Å²) in [6, 6.07) is 50.2. The summed E-state index contributed by atoms with van der Waals surface area (Å²) in [7, 11) is 0. The molecule has 0 saturated heterocycles. The van der Waals surface area contributed by atoms with Gasteiger partial charge in [0.25, 0.3) is 0 Å². The summed E-state index contributed by atoms with van der Waals surface area (Å²) in [5.41, 5.74) is 8.95. The molecule has 10 rings (SSSR count).